The van der Waals surface area contributed by atoms with Crippen LogP contribution in [0.2, 0.25) is 0 Å². The van der Waals surface area contributed by atoms with Crippen LogP contribution >= 0.6 is 11.3 Å². The van der Waals surface area contributed by atoms with Crippen LogP contribution in [0, 0.1) is 0 Å². The number of rotatable bonds is 4. The fraction of sp³-hybridized carbons (Fsp3) is 0.286. The van der Waals surface area contributed by atoms with E-state index < -0.39 is 0 Å². The molecule has 1 fully saturated rings. The third kappa shape index (κ3) is 3.42. The summed E-state index contributed by atoms with van der Waals surface area (Å²) in [6, 6.07) is 21.2. The molecule has 0 radical (unpaired) electrons. The molecule has 2 nitrogen and oxygen atoms in total. The van der Waals surface area contributed by atoms with Crippen LogP contribution in [0.4, 0.5) is 0 Å². The van der Waals surface area contributed by atoms with Crippen LogP contribution in [0.15, 0.2) is 60.7 Å². The number of benzene rings is 2. The summed E-state index contributed by atoms with van der Waals surface area (Å²) < 4.78 is 0. The minimum atomic E-state index is 0.983. The Labute approximate surface area is 147 Å². The summed E-state index contributed by atoms with van der Waals surface area (Å²) in [7, 11) is 0. The quantitative estimate of drug-likeness (QED) is 0.629. The van der Waals surface area contributed by atoms with Crippen LogP contribution in [-0.2, 0) is 6.54 Å². The number of likely N-dealkylation sites (tertiary alicyclic amines) is 1. The van der Waals surface area contributed by atoms with E-state index in [-0.39, 0.29) is 0 Å². The SMILES string of the molecule is c1ccc(-c2nc(CN3CCCCC3)sc2-c2ccccc2)cc1. The third-order valence-corrected chi connectivity index (χ3v) is 5.65. The Bertz CT molecular complexity index is 717. The summed E-state index contributed by atoms with van der Waals surface area (Å²) >= 11 is 1.85. The van der Waals surface area contributed by atoms with Crippen molar-refractivity contribution in [3.63, 3.8) is 0 Å². The van der Waals surface area contributed by atoms with Crippen molar-refractivity contribution in [2.75, 3.05) is 13.1 Å². The minimum absolute atomic E-state index is 0.983. The Balaban J connectivity index is 1.70. The number of thiazole rings is 1. The maximum absolute atomic E-state index is 5.03. The Morgan fingerprint density at radius 1 is 0.792 bits per heavy atom. The maximum atomic E-state index is 5.03. The molecule has 0 amide bonds. The van der Waals surface area contributed by atoms with E-state index in [0.717, 1.165) is 12.2 Å². The zero-order chi connectivity index (χ0) is 16.2. The summed E-state index contributed by atoms with van der Waals surface area (Å²) in [5.74, 6) is 0. The number of aromatic nitrogens is 1. The van der Waals surface area contributed by atoms with Gasteiger partial charge in [-0.25, -0.2) is 4.98 Å². The molecule has 0 N–H and O–H groups in total. The van der Waals surface area contributed by atoms with Crippen LogP contribution in [0.5, 0.6) is 0 Å². The lowest BCUT2D eigenvalue weighted by atomic mass is 10.1. The summed E-state index contributed by atoms with van der Waals surface area (Å²) in [5.41, 5.74) is 3.59. The minimum Gasteiger partial charge on any atom is -0.297 e. The largest absolute Gasteiger partial charge is 0.297 e. The van der Waals surface area contributed by atoms with Gasteiger partial charge in [0.05, 0.1) is 17.1 Å². The number of hydrogen-bond acceptors (Lipinski definition) is 3. The van der Waals surface area contributed by atoms with E-state index in [4.69, 9.17) is 4.98 Å². The summed E-state index contributed by atoms with van der Waals surface area (Å²) in [4.78, 5) is 8.86. The average Bonchev–Trinajstić information content (AvgIpc) is 3.08. The van der Waals surface area contributed by atoms with E-state index >= 15 is 0 Å². The molecule has 0 atom stereocenters. The normalized spacial score (nSPS) is 15.5. The Morgan fingerprint density at radius 2 is 1.42 bits per heavy atom. The van der Waals surface area contributed by atoms with Gasteiger partial charge in [-0.1, -0.05) is 67.1 Å². The van der Waals surface area contributed by atoms with Crippen molar-refractivity contribution >= 4 is 11.3 Å². The van der Waals surface area contributed by atoms with E-state index in [0.29, 0.717) is 0 Å². The fourth-order valence-corrected chi connectivity index (χ4v) is 4.45. The highest BCUT2D eigenvalue weighted by Crippen LogP contribution is 2.37. The van der Waals surface area contributed by atoms with Crippen LogP contribution in [0.3, 0.4) is 0 Å². The summed E-state index contributed by atoms with van der Waals surface area (Å²) in [6.45, 7) is 3.40. The molecular formula is C21H22N2S. The van der Waals surface area contributed by atoms with Crippen molar-refractivity contribution in [1.82, 2.24) is 9.88 Å². The second kappa shape index (κ2) is 7.29. The fourth-order valence-electron chi connectivity index (χ4n) is 3.32. The highest BCUT2D eigenvalue weighted by atomic mass is 32.1. The molecule has 1 aliphatic rings. The predicted octanol–water partition coefficient (Wildman–Crippen LogP) is 5.46. The van der Waals surface area contributed by atoms with Gasteiger partial charge >= 0.3 is 0 Å². The number of hydrogen-bond donors (Lipinski definition) is 0. The van der Waals surface area contributed by atoms with Crippen molar-refractivity contribution in [2.24, 2.45) is 0 Å². The third-order valence-electron chi connectivity index (χ3n) is 4.56. The molecule has 3 heteroatoms. The molecule has 2 heterocycles. The van der Waals surface area contributed by atoms with Gasteiger partial charge < -0.3 is 0 Å². The van der Waals surface area contributed by atoms with Gasteiger partial charge in [0.2, 0.25) is 0 Å². The topological polar surface area (TPSA) is 16.1 Å². The first-order valence-corrected chi connectivity index (χ1v) is 9.55. The van der Waals surface area contributed by atoms with Crippen molar-refractivity contribution in [3.8, 4) is 21.7 Å². The lowest BCUT2D eigenvalue weighted by Crippen LogP contribution is -2.28. The van der Waals surface area contributed by atoms with Crippen molar-refractivity contribution < 1.29 is 0 Å². The number of nitrogens with zero attached hydrogens (tertiary/aromatic N) is 2. The van der Waals surface area contributed by atoms with Gasteiger partial charge in [-0.15, -0.1) is 11.3 Å². The van der Waals surface area contributed by atoms with E-state index in [1.165, 1.54) is 53.4 Å². The van der Waals surface area contributed by atoms with E-state index in [2.05, 4.69) is 65.6 Å². The van der Waals surface area contributed by atoms with Crippen LogP contribution in [0.1, 0.15) is 24.3 Å². The van der Waals surface area contributed by atoms with Gasteiger partial charge in [0, 0.05) is 5.56 Å². The predicted molar refractivity (Wildman–Crippen MR) is 102 cm³/mol. The molecule has 1 aliphatic heterocycles. The first kappa shape index (κ1) is 15.6. The molecule has 0 saturated carbocycles. The van der Waals surface area contributed by atoms with E-state index in [1.54, 1.807) is 0 Å². The lowest BCUT2D eigenvalue weighted by Gasteiger charge is -2.25. The van der Waals surface area contributed by atoms with Crippen LogP contribution in [-0.4, -0.2) is 23.0 Å². The zero-order valence-corrected chi connectivity index (χ0v) is 14.6. The molecule has 122 valence electrons. The average molecular weight is 334 g/mol. The van der Waals surface area contributed by atoms with Gasteiger partial charge in [-0.3, -0.25) is 4.90 Å². The highest BCUT2D eigenvalue weighted by Gasteiger charge is 2.17. The second-order valence-corrected chi connectivity index (χ2v) is 7.44. The second-order valence-electron chi connectivity index (χ2n) is 6.35. The van der Waals surface area contributed by atoms with Crippen molar-refractivity contribution in [2.45, 2.75) is 25.8 Å². The Hall–Kier alpha value is -1.97. The van der Waals surface area contributed by atoms with Crippen LogP contribution in [0.25, 0.3) is 21.7 Å². The molecule has 1 aromatic heterocycles. The molecule has 0 spiro atoms. The van der Waals surface area contributed by atoms with Crippen molar-refractivity contribution in [3.05, 3.63) is 65.7 Å². The van der Waals surface area contributed by atoms with Crippen molar-refractivity contribution in [1.29, 1.82) is 0 Å². The zero-order valence-electron chi connectivity index (χ0n) is 13.8. The molecule has 2 aromatic carbocycles. The molecule has 0 aliphatic carbocycles. The van der Waals surface area contributed by atoms with Gasteiger partial charge in [0.1, 0.15) is 5.01 Å². The molecule has 3 aromatic rings. The standard InChI is InChI=1S/C21H22N2S/c1-4-10-17(11-5-1)20-21(18-12-6-2-7-13-18)24-19(22-20)16-23-14-8-3-9-15-23/h1-2,4-7,10-13H,3,8-9,14-16H2. The summed E-state index contributed by atoms with van der Waals surface area (Å²) in [5, 5.41) is 1.23. The van der Waals surface area contributed by atoms with Crippen LogP contribution < -0.4 is 0 Å². The lowest BCUT2D eigenvalue weighted by molar-refractivity contribution is 0.220. The number of piperidine rings is 1. The highest BCUT2D eigenvalue weighted by molar-refractivity contribution is 7.15. The molecule has 4 rings (SSSR count). The Morgan fingerprint density at radius 3 is 2.08 bits per heavy atom. The van der Waals surface area contributed by atoms with E-state index in [9.17, 15) is 0 Å². The maximum Gasteiger partial charge on any atom is 0.108 e. The first-order valence-electron chi connectivity index (χ1n) is 8.73. The molecule has 0 bridgehead atoms. The monoisotopic (exact) mass is 334 g/mol. The Kier molecular flexibility index (Phi) is 4.72. The smallest absolute Gasteiger partial charge is 0.108 e. The molecule has 24 heavy (non-hydrogen) atoms. The molecule has 1 saturated heterocycles. The van der Waals surface area contributed by atoms with Gasteiger partial charge in [0.15, 0.2) is 0 Å². The van der Waals surface area contributed by atoms with Gasteiger partial charge in [-0.05, 0) is 31.5 Å². The molecular weight excluding hydrogens is 312 g/mol. The first-order chi connectivity index (χ1) is 11.9. The summed E-state index contributed by atoms with van der Waals surface area (Å²) in [6.07, 6.45) is 4.02. The van der Waals surface area contributed by atoms with Gasteiger partial charge in [-0.2, -0.15) is 0 Å². The van der Waals surface area contributed by atoms with E-state index in [1.807, 2.05) is 11.3 Å². The molecule has 0 unspecified atom stereocenters. The van der Waals surface area contributed by atoms with Gasteiger partial charge in [0.25, 0.3) is 0 Å².